The second-order valence-electron chi connectivity index (χ2n) is 9.06. The van der Waals surface area contributed by atoms with E-state index in [1.165, 1.54) is 15.8 Å². The van der Waals surface area contributed by atoms with Gasteiger partial charge in [-0.2, -0.15) is 5.10 Å². The van der Waals surface area contributed by atoms with Crippen molar-refractivity contribution in [2.24, 2.45) is 7.05 Å². The van der Waals surface area contributed by atoms with Crippen LogP contribution in [-0.4, -0.2) is 79.8 Å². The molecular formula is C23H30N8O2. The van der Waals surface area contributed by atoms with Gasteiger partial charge >= 0.3 is 0 Å². The van der Waals surface area contributed by atoms with Crippen LogP contribution >= 0.6 is 0 Å². The van der Waals surface area contributed by atoms with Crippen molar-refractivity contribution < 1.29 is 4.74 Å². The van der Waals surface area contributed by atoms with Crippen LogP contribution in [0.2, 0.25) is 0 Å². The van der Waals surface area contributed by atoms with Gasteiger partial charge in [-0.15, -0.1) is 5.10 Å². The van der Waals surface area contributed by atoms with E-state index >= 15 is 0 Å². The van der Waals surface area contributed by atoms with Gasteiger partial charge in [-0.05, 0) is 65.9 Å². The monoisotopic (exact) mass is 450 g/mol. The molecule has 0 aliphatic carbocycles. The minimum Gasteiger partial charge on any atom is -0.371 e. The van der Waals surface area contributed by atoms with E-state index in [2.05, 4.69) is 55.5 Å². The van der Waals surface area contributed by atoms with E-state index in [4.69, 9.17) is 4.74 Å². The van der Waals surface area contributed by atoms with Gasteiger partial charge in [0.1, 0.15) is 12.1 Å². The summed E-state index contributed by atoms with van der Waals surface area (Å²) in [5, 5.41) is 15.8. The second kappa shape index (κ2) is 9.03. The smallest absolute Gasteiger partial charge is 0.266 e. The SMILES string of the molecule is Cc1cc(-n2cnnn2)ccc1CCN1CCC2(CC1)CN(c1ccc(=O)n(C)n1)CCO2. The van der Waals surface area contributed by atoms with E-state index in [1.807, 2.05) is 6.07 Å². The summed E-state index contributed by atoms with van der Waals surface area (Å²) in [6.07, 6.45) is 4.64. The van der Waals surface area contributed by atoms with Gasteiger partial charge in [0, 0.05) is 45.8 Å². The third-order valence-electron chi connectivity index (χ3n) is 6.92. The van der Waals surface area contributed by atoms with Crippen LogP contribution in [0.3, 0.4) is 0 Å². The predicted molar refractivity (Wildman–Crippen MR) is 124 cm³/mol. The lowest BCUT2D eigenvalue weighted by atomic mass is 9.89. The van der Waals surface area contributed by atoms with Crippen LogP contribution in [0.15, 0.2) is 41.5 Å². The van der Waals surface area contributed by atoms with E-state index in [1.54, 1.807) is 24.1 Å². The van der Waals surface area contributed by atoms with Gasteiger partial charge in [0.15, 0.2) is 0 Å². The summed E-state index contributed by atoms with van der Waals surface area (Å²) in [5.41, 5.74) is 3.37. The van der Waals surface area contributed by atoms with E-state index in [0.717, 1.165) is 63.5 Å². The first-order valence-electron chi connectivity index (χ1n) is 11.5. The van der Waals surface area contributed by atoms with Gasteiger partial charge in [0.05, 0.1) is 17.9 Å². The zero-order valence-corrected chi connectivity index (χ0v) is 19.2. The Balaban J connectivity index is 1.16. The number of anilines is 1. The first-order valence-corrected chi connectivity index (χ1v) is 11.5. The highest BCUT2D eigenvalue weighted by atomic mass is 16.5. The highest BCUT2D eigenvalue weighted by Gasteiger charge is 2.40. The maximum absolute atomic E-state index is 11.7. The van der Waals surface area contributed by atoms with E-state index in [9.17, 15) is 4.79 Å². The number of aromatic nitrogens is 6. The maximum Gasteiger partial charge on any atom is 0.266 e. The summed E-state index contributed by atoms with van der Waals surface area (Å²) in [7, 11) is 1.70. The van der Waals surface area contributed by atoms with Crippen molar-refractivity contribution in [1.82, 2.24) is 34.9 Å². The summed E-state index contributed by atoms with van der Waals surface area (Å²) >= 11 is 0. The number of piperidine rings is 1. The van der Waals surface area contributed by atoms with Gasteiger partial charge in [-0.25, -0.2) is 9.36 Å². The fourth-order valence-electron chi connectivity index (χ4n) is 4.85. The average Bonchev–Trinajstić information content (AvgIpc) is 3.36. The molecule has 4 heterocycles. The van der Waals surface area contributed by atoms with Crippen molar-refractivity contribution in [1.29, 1.82) is 0 Å². The van der Waals surface area contributed by atoms with Gasteiger partial charge in [-0.1, -0.05) is 6.07 Å². The Hall–Kier alpha value is -3.11. The molecular weight excluding hydrogens is 420 g/mol. The van der Waals surface area contributed by atoms with Crippen LogP contribution in [0.4, 0.5) is 5.82 Å². The third-order valence-corrected chi connectivity index (χ3v) is 6.92. The van der Waals surface area contributed by atoms with E-state index < -0.39 is 0 Å². The Morgan fingerprint density at radius 1 is 1.12 bits per heavy atom. The van der Waals surface area contributed by atoms with E-state index in [-0.39, 0.29) is 11.2 Å². The molecule has 5 rings (SSSR count). The molecule has 3 aromatic rings. The van der Waals surface area contributed by atoms with Gasteiger partial charge in [0.2, 0.25) is 0 Å². The zero-order valence-electron chi connectivity index (χ0n) is 19.2. The Bertz CT molecular complexity index is 1150. The summed E-state index contributed by atoms with van der Waals surface area (Å²) in [6, 6.07) is 9.80. The number of hydrogen-bond donors (Lipinski definition) is 0. The van der Waals surface area contributed by atoms with Crippen molar-refractivity contribution in [3.05, 3.63) is 58.1 Å². The quantitative estimate of drug-likeness (QED) is 0.568. The van der Waals surface area contributed by atoms with Crippen LogP contribution in [0.1, 0.15) is 24.0 Å². The fourth-order valence-corrected chi connectivity index (χ4v) is 4.85. The standard InChI is InChI=1S/C23H30N8O2/c1-18-15-20(31-17-24-26-27-31)4-3-19(18)7-10-29-11-8-23(9-12-29)16-30(13-14-33-23)21-5-6-22(32)28(2)25-21/h3-6,15,17H,7-14,16H2,1-2H3. The highest BCUT2D eigenvalue weighted by molar-refractivity contribution is 5.39. The molecule has 10 nitrogen and oxygen atoms in total. The van der Waals surface area contributed by atoms with Crippen molar-refractivity contribution in [3.63, 3.8) is 0 Å². The number of benzene rings is 1. The minimum absolute atomic E-state index is 0.0877. The molecule has 0 unspecified atom stereocenters. The number of rotatable bonds is 5. The Morgan fingerprint density at radius 2 is 1.97 bits per heavy atom. The molecule has 10 heteroatoms. The topological polar surface area (TPSA) is 94.2 Å². The summed E-state index contributed by atoms with van der Waals surface area (Å²) in [5.74, 6) is 0.850. The number of tetrazole rings is 1. The molecule has 0 amide bonds. The first kappa shape index (κ1) is 21.7. The molecule has 1 spiro atoms. The second-order valence-corrected chi connectivity index (χ2v) is 9.06. The third kappa shape index (κ3) is 4.67. The van der Waals surface area contributed by atoms with Crippen molar-refractivity contribution in [2.45, 2.75) is 31.8 Å². The maximum atomic E-state index is 11.7. The Kier molecular flexibility index (Phi) is 5.94. The Morgan fingerprint density at radius 3 is 2.70 bits per heavy atom. The predicted octanol–water partition coefficient (Wildman–Crippen LogP) is 0.978. The zero-order chi connectivity index (χ0) is 22.8. The molecule has 33 heavy (non-hydrogen) atoms. The molecule has 0 atom stereocenters. The van der Waals surface area contributed by atoms with Gasteiger partial charge < -0.3 is 14.5 Å². The van der Waals surface area contributed by atoms with Crippen LogP contribution in [0, 0.1) is 6.92 Å². The number of nitrogens with zero attached hydrogens (tertiary/aromatic N) is 8. The van der Waals surface area contributed by atoms with Crippen molar-refractivity contribution in [3.8, 4) is 5.69 Å². The molecule has 2 aromatic heterocycles. The molecule has 2 fully saturated rings. The summed E-state index contributed by atoms with van der Waals surface area (Å²) in [6.45, 7) is 7.55. The molecule has 0 saturated carbocycles. The molecule has 0 bridgehead atoms. The summed E-state index contributed by atoms with van der Waals surface area (Å²) < 4.78 is 9.39. The minimum atomic E-state index is -0.130. The molecule has 2 saturated heterocycles. The number of hydrogen-bond acceptors (Lipinski definition) is 8. The lowest BCUT2D eigenvalue weighted by Crippen LogP contribution is -2.57. The Labute approximate surface area is 192 Å². The molecule has 2 aliphatic heterocycles. The molecule has 2 aliphatic rings. The van der Waals surface area contributed by atoms with Crippen LogP contribution in [-0.2, 0) is 18.2 Å². The molecule has 0 N–H and O–H groups in total. The van der Waals surface area contributed by atoms with Gasteiger partial charge in [0.25, 0.3) is 5.56 Å². The largest absolute Gasteiger partial charge is 0.371 e. The molecule has 0 radical (unpaired) electrons. The lowest BCUT2D eigenvalue weighted by molar-refractivity contribution is -0.0911. The van der Waals surface area contributed by atoms with Crippen molar-refractivity contribution in [2.75, 3.05) is 44.2 Å². The normalized spacial score (nSPS) is 18.7. The highest BCUT2D eigenvalue weighted by Crippen LogP contribution is 2.31. The summed E-state index contributed by atoms with van der Waals surface area (Å²) in [4.78, 5) is 16.5. The number of morpholine rings is 1. The van der Waals surface area contributed by atoms with Crippen LogP contribution in [0.25, 0.3) is 5.69 Å². The van der Waals surface area contributed by atoms with E-state index in [0.29, 0.717) is 6.61 Å². The number of ether oxygens (including phenoxy) is 1. The fraction of sp³-hybridized carbons (Fsp3) is 0.522. The average molecular weight is 451 g/mol. The lowest BCUT2D eigenvalue weighted by Gasteiger charge is -2.47. The van der Waals surface area contributed by atoms with Gasteiger partial charge in [-0.3, -0.25) is 4.79 Å². The van der Waals surface area contributed by atoms with Crippen LogP contribution in [0.5, 0.6) is 0 Å². The molecule has 174 valence electrons. The van der Waals surface area contributed by atoms with Crippen LogP contribution < -0.4 is 10.5 Å². The van der Waals surface area contributed by atoms with Crippen molar-refractivity contribution >= 4 is 5.82 Å². The number of aryl methyl sites for hydroxylation is 2. The first-order chi connectivity index (χ1) is 16.0. The number of likely N-dealkylation sites (tertiary alicyclic amines) is 1. The molecule has 1 aromatic carbocycles.